The van der Waals surface area contributed by atoms with Gasteiger partial charge < -0.3 is 10.1 Å². The molecule has 0 bridgehead atoms. The van der Waals surface area contributed by atoms with Crippen LogP contribution >= 0.6 is 23.2 Å². The van der Waals surface area contributed by atoms with Crippen molar-refractivity contribution in [2.75, 3.05) is 0 Å². The first-order valence-electron chi connectivity index (χ1n) is 6.32. The molecule has 3 rings (SSSR count). The number of halogens is 2. The predicted molar refractivity (Wildman–Crippen MR) is 87.3 cm³/mol. The highest BCUT2D eigenvalue weighted by Gasteiger charge is 2.16. The van der Waals surface area contributed by atoms with E-state index >= 15 is 0 Å². The van der Waals surface area contributed by atoms with Gasteiger partial charge in [0, 0.05) is 16.5 Å². The smallest absolute Gasteiger partial charge is 0.296 e. The minimum Gasteiger partial charge on any atom is -0.493 e. The number of nitro groups is 1. The van der Waals surface area contributed by atoms with Crippen LogP contribution in [-0.2, 0) is 0 Å². The maximum Gasteiger partial charge on any atom is 0.296 e. The first kappa shape index (κ1) is 15.3. The second kappa shape index (κ2) is 5.86. The molecular formula is C14H8Cl2N4O3. The summed E-state index contributed by atoms with van der Waals surface area (Å²) in [6.07, 6.45) is 0. The number of nitro benzene ring substituents is 1. The van der Waals surface area contributed by atoms with E-state index in [1.54, 1.807) is 12.1 Å². The Balaban J connectivity index is 2.12. The van der Waals surface area contributed by atoms with Crippen molar-refractivity contribution in [2.24, 2.45) is 10.2 Å². The summed E-state index contributed by atoms with van der Waals surface area (Å²) >= 11 is 12.0. The van der Waals surface area contributed by atoms with Crippen LogP contribution in [0.25, 0.3) is 10.9 Å². The molecule has 0 unspecified atom stereocenters. The van der Waals surface area contributed by atoms with Crippen molar-refractivity contribution in [2.45, 2.75) is 0 Å². The lowest BCUT2D eigenvalue weighted by Crippen LogP contribution is -1.86. The summed E-state index contributed by atoms with van der Waals surface area (Å²) in [6.45, 7) is 0. The van der Waals surface area contributed by atoms with Gasteiger partial charge in [0.1, 0.15) is 0 Å². The second-order valence-electron chi connectivity index (χ2n) is 4.58. The lowest BCUT2D eigenvalue weighted by atomic mass is 10.2. The van der Waals surface area contributed by atoms with E-state index in [9.17, 15) is 15.2 Å². The maximum absolute atomic E-state index is 11.0. The van der Waals surface area contributed by atoms with Gasteiger partial charge in [-0.15, -0.1) is 10.2 Å². The van der Waals surface area contributed by atoms with Crippen LogP contribution in [-0.4, -0.2) is 15.0 Å². The van der Waals surface area contributed by atoms with Gasteiger partial charge in [0.05, 0.1) is 15.5 Å². The summed E-state index contributed by atoms with van der Waals surface area (Å²) in [4.78, 5) is 13.1. The lowest BCUT2D eigenvalue weighted by molar-refractivity contribution is -0.384. The van der Waals surface area contributed by atoms with E-state index in [4.69, 9.17) is 23.2 Å². The molecule has 0 atom stereocenters. The number of fused-ring (bicyclic) bond motifs is 1. The minimum absolute atomic E-state index is 0.0689. The third kappa shape index (κ3) is 2.84. The zero-order chi connectivity index (χ0) is 16.6. The van der Waals surface area contributed by atoms with E-state index in [2.05, 4.69) is 15.2 Å². The highest BCUT2D eigenvalue weighted by Crippen LogP contribution is 2.41. The molecule has 0 saturated heterocycles. The average molecular weight is 351 g/mol. The lowest BCUT2D eigenvalue weighted by Gasteiger charge is -1.97. The Morgan fingerprint density at radius 1 is 1.17 bits per heavy atom. The number of aromatic amines is 1. The van der Waals surface area contributed by atoms with Gasteiger partial charge >= 0.3 is 0 Å². The van der Waals surface area contributed by atoms with Crippen molar-refractivity contribution in [3.63, 3.8) is 0 Å². The molecule has 0 spiro atoms. The van der Waals surface area contributed by atoms with E-state index < -0.39 is 4.92 Å². The Morgan fingerprint density at radius 2 is 1.91 bits per heavy atom. The van der Waals surface area contributed by atoms with Crippen molar-refractivity contribution >= 4 is 51.2 Å². The van der Waals surface area contributed by atoms with Crippen LogP contribution in [0, 0.1) is 10.1 Å². The average Bonchev–Trinajstić information content (AvgIpc) is 2.81. The molecule has 9 heteroatoms. The fourth-order valence-corrected chi connectivity index (χ4v) is 2.64. The Morgan fingerprint density at radius 3 is 2.65 bits per heavy atom. The summed E-state index contributed by atoms with van der Waals surface area (Å²) < 4.78 is 0. The van der Waals surface area contributed by atoms with Crippen LogP contribution in [0.15, 0.2) is 46.6 Å². The molecule has 3 aromatic rings. The molecule has 0 amide bonds. The number of nitrogens with one attached hydrogen (secondary N) is 1. The van der Waals surface area contributed by atoms with Crippen molar-refractivity contribution in [3.05, 3.63) is 56.6 Å². The number of benzene rings is 2. The molecule has 0 aliphatic rings. The fourth-order valence-electron chi connectivity index (χ4n) is 2.10. The highest BCUT2D eigenvalue weighted by molar-refractivity contribution is 6.38. The van der Waals surface area contributed by atoms with E-state index in [0.717, 1.165) is 0 Å². The second-order valence-corrected chi connectivity index (χ2v) is 5.42. The molecule has 23 heavy (non-hydrogen) atoms. The number of hydrogen-bond donors (Lipinski definition) is 2. The van der Waals surface area contributed by atoms with Gasteiger partial charge in [0.15, 0.2) is 11.4 Å². The third-order valence-electron chi connectivity index (χ3n) is 3.11. The number of azo groups is 1. The van der Waals surface area contributed by atoms with Crippen molar-refractivity contribution in [3.8, 4) is 5.88 Å². The number of nitrogens with zero attached hydrogens (tertiary/aromatic N) is 3. The number of H-pyrrole nitrogens is 1. The number of aromatic hydroxyl groups is 1. The Hall–Kier alpha value is -2.64. The third-order valence-corrected chi connectivity index (χ3v) is 3.63. The first-order chi connectivity index (χ1) is 11.0. The van der Waals surface area contributed by atoms with Gasteiger partial charge in [-0.3, -0.25) is 10.1 Å². The van der Waals surface area contributed by atoms with Gasteiger partial charge in [-0.25, -0.2) is 0 Å². The van der Waals surface area contributed by atoms with Gasteiger partial charge in [-0.2, -0.15) is 0 Å². The molecular weight excluding hydrogens is 343 g/mol. The fraction of sp³-hybridized carbons (Fsp3) is 0. The quantitative estimate of drug-likeness (QED) is 0.370. The van der Waals surface area contributed by atoms with E-state index in [0.29, 0.717) is 20.9 Å². The summed E-state index contributed by atoms with van der Waals surface area (Å²) in [5.41, 5.74) is 0.429. The number of hydrogen-bond acceptors (Lipinski definition) is 5. The van der Waals surface area contributed by atoms with Gasteiger partial charge in [0.25, 0.3) is 5.69 Å². The van der Waals surface area contributed by atoms with Crippen molar-refractivity contribution < 1.29 is 10.0 Å². The molecule has 0 aliphatic carbocycles. The Bertz CT molecular complexity index is 953. The first-order valence-corrected chi connectivity index (χ1v) is 7.08. The molecule has 2 N–H and O–H groups in total. The zero-order valence-electron chi connectivity index (χ0n) is 11.3. The van der Waals surface area contributed by atoms with Crippen molar-refractivity contribution in [1.82, 2.24) is 4.98 Å². The minimum atomic E-state index is -0.558. The van der Waals surface area contributed by atoms with Crippen LogP contribution in [0.5, 0.6) is 5.88 Å². The predicted octanol–water partition coefficient (Wildman–Crippen LogP) is 5.50. The van der Waals surface area contributed by atoms with Gasteiger partial charge in [-0.1, -0.05) is 35.3 Å². The molecule has 116 valence electrons. The highest BCUT2D eigenvalue weighted by atomic mass is 35.5. The van der Waals surface area contributed by atoms with E-state index in [1.165, 1.54) is 24.3 Å². The standard InChI is InChI=1S/C14H8Cl2N4O3/c15-7-5-8-12(9(16)6-7)17-14(21)13(8)19-18-10-3-1-2-4-11(10)20(22)23/h1-6,17,21H. The molecule has 0 fully saturated rings. The van der Waals surface area contributed by atoms with Crippen LogP contribution in [0.1, 0.15) is 0 Å². The van der Waals surface area contributed by atoms with Gasteiger partial charge in [0.2, 0.25) is 5.88 Å². The summed E-state index contributed by atoms with van der Waals surface area (Å²) in [6, 6.07) is 8.98. The Labute approximate surface area is 139 Å². The van der Waals surface area contributed by atoms with E-state index in [1.807, 2.05) is 0 Å². The number of rotatable bonds is 3. The normalized spacial score (nSPS) is 11.4. The van der Waals surface area contributed by atoms with Crippen molar-refractivity contribution in [1.29, 1.82) is 0 Å². The molecule has 1 heterocycles. The van der Waals surface area contributed by atoms with Crippen LogP contribution in [0.3, 0.4) is 0 Å². The zero-order valence-corrected chi connectivity index (χ0v) is 12.8. The maximum atomic E-state index is 11.0. The van der Waals surface area contributed by atoms with Crippen LogP contribution < -0.4 is 0 Å². The molecule has 7 nitrogen and oxygen atoms in total. The SMILES string of the molecule is O=[N+]([O-])c1ccccc1N=Nc1c(O)[nH]c2c(Cl)cc(Cl)cc12. The molecule has 1 aromatic heterocycles. The summed E-state index contributed by atoms with van der Waals surface area (Å²) in [5.74, 6) is -0.258. The molecule has 0 saturated carbocycles. The van der Waals surface area contributed by atoms with Gasteiger partial charge in [-0.05, 0) is 18.2 Å². The van der Waals surface area contributed by atoms with Crippen LogP contribution in [0.4, 0.5) is 17.1 Å². The summed E-state index contributed by atoms with van der Waals surface area (Å²) in [5, 5.41) is 29.8. The molecule has 0 aliphatic heterocycles. The van der Waals surface area contributed by atoms with E-state index in [-0.39, 0.29) is 22.9 Å². The number of para-hydroxylation sites is 1. The Kier molecular flexibility index (Phi) is 3.89. The topological polar surface area (TPSA) is 104 Å². The summed E-state index contributed by atoms with van der Waals surface area (Å²) in [7, 11) is 0. The van der Waals surface area contributed by atoms with Crippen LogP contribution in [0.2, 0.25) is 10.0 Å². The molecule has 2 aromatic carbocycles. The largest absolute Gasteiger partial charge is 0.493 e. The number of aromatic nitrogens is 1. The monoisotopic (exact) mass is 350 g/mol. The molecule has 0 radical (unpaired) electrons.